The van der Waals surface area contributed by atoms with E-state index in [1.807, 2.05) is 4.90 Å². The fraction of sp³-hybridized carbons (Fsp3) is 0.900. The van der Waals surface area contributed by atoms with Crippen molar-refractivity contribution in [2.24, 2.45) is 11.7 Å². The maximum atomic E-state index is 11.9. The lowest BCUT2D eigenvalue weighted by Gasteiger charge is -2.35. The fourth-order valence-electron chi connectivity index (χ4n) is 3.42. The summed E-state index contributed by atoms with van der Waals surface area (Å²) in [6.07, 6.45) is -0.774. The zero-order valence-electron chi connectivity index (χ0n) is 20.0. The number of aliphatic hydroxyl groups is 1. The van der Waals surface area contributed by atoms with Gasteiger partial charge in [0, 0.05) is 72.0 Å². The summed E-state index contributed by atoms with van der Waals surface area (Å²) in [5, 5.41) is 38.0. The summed E-state index contributed by atoms with van der Waals surface area (Å²) in [4.78, 5) is 31.9. The van der Waals surface area contributed by atoms with Gasteiger partial charge in [-0.2, -0.15) is 0 Å². The molecular weight excluding hydrogens is 436 g/mol. The van der Waals surface area contributed by atoms with Crippen LogP contribution in [0.4, 0.5) is 4.79 Å². The highest BCUT2D eigenvalue weighted by Crippen LogP contribution is 2.15. The van der Waals surface area contributed by atoms with E-state index in [0.29, 0.717) is 32.7 Å². The number of nitrogens with one attached hydrogen (secondary N) is 3. The minimum Gasteiger partial charge on any atom is -0.481 e. The van der Waals surface area contributed by atoms with Gasteiger partial charge in [0.25, 0.3) is 0 Å². The molecule has 1 saturated heterocycles. The normalized spacial score (nSPS) is 20.7. The lowest BCUT2D eigenvalue weighted by molar-refractivity contribution is -0.243. The number of carbonyl (C=O) groups excluding carboxylic acids is 1. The number of nitrogens with two attached hydrogens (primary N) is 1. The molecule has 0 radical (unpaired) electrons. The van der Waals surface area contributed by atoms with E-state index < -0.39 is 29.3 Å². The van der Waals surface area contributed by atoms with Gasteiger partial charge >= 0.3 is 12.1 Å². The first-order valence-corrected chi connectivity index (χ1v) is 11.3. The average Bonchev–Trinajstić information content (AvgIpc) is 2.67. The summed E-state index contributed by atoms with van der Waals surface area (Å²) >= 11 is 0. The maximum Gasteiger partial charge on any atom is 0.407 e. The Labute approximate surface area is 195 Å². The van der Waals surface area contributed by atoms with Crippen molar-refractivity contribution in [3.05, 3.63) is 0 Å². The number of rotatable bonds is 9. The third kappa shape index (κ3) is 13.0. The third-order valence-electron chi connectivity index (χ3n) is 5.15. The molecule has 13 heteroatoms. The second kappa shape index (κ2) is 14.6. The van der Waals surface area contributed by atoms with Crippen LogP contribution in [0.2, 0.25) is 0 Å². The predicted octanol–water partition coefficient (Wildman–Crippen LogP) is -1.85. The number of alkyl carbamates (subject to hydrolysis) is 1. The molecule has 1 fully saturated rings. The Morgan fingerprint density at radius 1 is 1.06 bits per heavy atom. The molecule has 8 N–H and O–H groups in total. The van der Waals surface area contributed by atoms with E-state index in [0.717, 1.165) is 26.2 Å². The minimum atomic E-state index is -2.07. The molecule has 1 aliphatic rings. The fourth-order valence-corrected chi connectivity index (χ4v) is 3.42. The van der Waals surface area contributed by atoms with E-state index in [-0.39, 0.29) is 19.7 Å². The standard InChI is InChI=1S/C20H42N6O7/c1-19(2,3)33-18(29)24-14-16(17(27)28)20(21,30)15-26-10-6-22-4-8-25(12-13-32-31)9-5-23-7-11-26/h16,22-23,30-31H,4-15,21H2,1-3H3,(H,24,29)(H,27,28). The Balaban J connectivity index is 2.65. The molecule has 2 atom stereocenters. The van der Waals surface area contributed by atoms with Gasteiger partial charge < -0.3 is 36.6 Å². The number of hydrogen-bond donors (Lipinski definition) is 7. The van der Waals surface area contributed by atoms with Gasteiger partial charge in [-0.25, -0.2) is 9.68 Å². The monoisotopic (exact) mass is 478 g/mol. The van der Waals surface area contributed by atoms with Gasteiger partial charge in [-0.1, -0.05) is 0 Å². The zero-order valence-corrected chi connectivity index (χ0v) is 20.0. The Morgan fingerprint density at radius 3 is 2.03 bits per heavy atom. The van der Waals surface area contributed by atoms with E-state index in [9.17, 15) is 19.8 Å². The smallest absolute Gasteiger partial charge is 0.407 e. The first kappa shape index (κ1) is 29.5. The van der Waals surface area contributed by atoms with E-state index >= 15 is 0 Å². The highest BCUT2D eigenvalue weighted by molar-refractivity contribution is 5.73. The van der Waals surface area contributed by atoms with Crippen molar-refractivity contribution in [1.82, 2.24) is 25.8 Å². The van der Waals surface area contributed by atoms with Gasteiger partial charge in [-0.15, -0.1) is 0 Å². The molecular formula is C20H42N6O7. The van der Waals surface area contributed by atoms with Crippen molar-refractivity contribution in [2.45, 2.75) is 32.1 Å². The number of nitrogens with zero attached hydrogens (tertiary/aromatic N) is 2. The van der Waals surface area contributed by atoms with Crippen molar-refractivity contribution in [1.29, 1.82) is 0 Å². The predicted molar refractivity (Wildman–Crippen MR) is 122 cm³/mol. The lowest BCUT2D eigenvalue weighted by Crippen LogP contribution is -2.61. The highest BCUT2D eigenvalue weighted by Gasteiger charge is 2.40. The van der Waals surface area contributed by atoms with E-state index in [1.165, 1.54) is 0 Å². The van der Waals surface area contributed by atoms with Crippen molar-refractivity contribution >= 4 is 12.1 Å². The van der Waals surface area contributed by atoms with Crippen LogP contribution in [0.1, 0.15) is 20.8 Å². The Morgan fingerprint density at radius 2 is 1.58 bits per heavy atom. The molecule has 0 aliphatic carbocycles. The number of β-amino-alcohol motifs (C(OH)–C–C–N with tert-alkyl or cyclic N) is 1. The SMILES string of the molecule is CC(C)(C)OC(=O)NCC(C(=O)O)C(N)(O)CN1CCNCCN(CCOO)CCNCC1. The number of amides is 1. The molecule has 0 bridgehead atoms. The van der Waals surface area contributed by atoms with Crippen LogP contribution in [0.25, 0.3) is 0 Å². The van der Waals surface area contributed by atoms with Crippen LogP contribution in [0.15, 0.2) is 0 Å². The molecule has 1 rings (SSSR count). The summed E-state index contributed by atoms with van der Waals surface area (Å²) in [6.45, 7) is 10.9. The Kier molecular flexibility index (Phi) is 13.1. The second-order valence-corrected chi connectivity index (χ2v) is 9.22. The number of carbonyl (C=O) groups is 2. The van der Waals surface area contributed by atoms with E-state index in [1.54, 1.807) is 20.8 Å². The van der Waals surface area contributed by atoms with Crippen molar-refractivity contribution in [2.75, 3.05) is 78.6 Å². The van der Waals surface area contributed by atoms with Crippen molar-refractivity contribution < 1.29 is 34.7 Å². The molecule has 0 spiro atoms. The highest BCUT2D eigenvalue weighted by atomic mass is 17.1. The van der Waals surface area contributed by atoms with Crippen LogP contribution in [0.5, 0.6) is 0 Å². The van der Waals surface area contributed by atoms with Gasteiger partial charge in [-0.05, 0) is 20.8 Å². The number of hydrogen-bond acceptors (Lipinski definition) is 11. The van der Waals surface area contributed by atoms with Crippen LogP contribution >= 0.6 is 0 Å². The van der Waals surface area contributed by atoms with Gasteiger partial charge in [0.2, 0.25) is 0 Å². The van der Waals surface area contributed by atoms with Crippen molar-refractivity contribution in [3.8, 4) is 0 Å². The lowest BCUT2D eigenvalue weighted by atomic mass is 9.95. The Hall–Kier alpha value is -1.58. The molecule has 0 aromatic carbocycles. The largest absolute Gasteiger partial charge is 0.481 e. The molecule has 0 aromatic rings. The van der Waals surface area contributed by atoms with E-state index in [4.69, 9.17) is 15.7 Å². The molecule has 2 unspecified atom stereocenters. The number of carboxylic acid groups (broad SMARTS) is 1. The molecule has 33 heavy (non-hydrogen) atoms. The zero-order chi connectivity index (χ0) is 24.9. The van der Waals surface area contributed by atoms with Gasteiger partial charge in [0.15, 0.2) is 0 Å². The van der Waals surface area contributed by atoms with Gasteiger partial charge in [0.05, 0.1) is 6.61 Å². The molecule has 1 heterocycles. The average molecular weight is 479 g/mol. The topological polar surface area (TPSA) is 182 Å². The summed E-state index contributed by atoms with van der Waals surface area (Å²) in [5.74, 6) is -2.73. The molecule has 13 nitrogen and oxygen atoms in total. The summed E-state index contributed by atoms with van der Waals surface area (Å²) < 4.78 is 5.12. The molecule has 1 aliphatic heterocycles. The van der Waals surface area contributed by atoms with Crippen LogP contribution in [0.3, 0.4) is 0 Å². The molecule has 194 valence electrons. The van der Waals surface area contributed by atoms with Crippen LogP contribution < -0.4 is 21.7 Å². The third-order valence-corrected chi connectivity index (χ3v) is 5.15. The summed E-state index contributed by atoms with van der Waals surface area (Å²) in [7, 11) is 0. The minimum absolute atomic E-state index is 0.0801. The van der Waals surface area contributed by atoms with E-state index in [2.05, 4.69) is 25.7 Å². The first-order valence-electron chi connectivity index (χ1n) is 11.3. The second-order valence-electron chi connectivity index (χ2n) is 9.22. The van der Waals surface area contributed by atoms with Crippen molar-refractivity contribution in [3.63, 3.8) is 0 Å². The quantitative estimate of drug-likeness (QED) is 0.112. The first-order chi connectivity index (χ1) is 15.4. The van der Waals surface area contributed by atoms with Crippen LogP contribution in [0, 0.1) is 5.92 Å². The summed E-state index contributed by atoms with van der Waals surface area (Å²) in [6, 6.07) is 0. The molecule has 1 amide bonds. The van der Waals surface area contributed by atoms with Gasteiger partial charge in [-0.3, -0.25) is 19.9 Å². The Bertz CT molecular complexity index is 574. The molecule has 0 saturated carbocycles. The van der Waals surface area contributed by atoms with Gasteiger partial charge in [0.1, 0.15) is 17.2 Å². The maximum absolute atomic E-state index is 11.9. The molecule has 0 aromatic heterocycles. The van der Waals surface area contributed by atoms with Crippen LogP contribution in [-0.4, -0.2) is 127 Å². The number of carboxylic acids is 1. The number of ether oxygens (including phenoxy) is 1. The van der Waals surface area contributed by atoms with Crippen LogP contribution in [-0.2, 0) is 14.4 Å². The summed E-state index contributed by atoms with van der Waals surface area (Å²) in [5.41, 5.74) is 3.25. The number of aliphatic carboxylic acids is 1.